The molecule has 0 unspecified atom stereocenters. The van der Waals surface area contributed by atoms with Gasteiger partial charge >= 0.3 is 0 Å². The Hall–Kier alpha value is -2.33. The van der Waals surface area contributed by atoms with Crippen molar-refractivity contribution in [3.05, 3.63) is 66.4 Å². The SMILES string of the molecule is C=CCOc1ccccc1CNC(=NC)NCc1cccnc1OCCOC.I. The van der Waals surface area contributed by atoms with Gasteiger partial charge in [0.2, 0.25) is 5.88 Å². The first-order valence-electron chi connectivity index (χ1n) is 9.10. The third-order valence-electron chi connectivity index (χ3n) is 3.82. The average Bonchev–Trinajstić information content (AvgIpc) is 2.74. The molecule has 158 valence electrons. The summed E-state index contributed by atoms with van der Waals surface area (Å²) in [5, 5.41) is 6.58. The van der Waals surface area contributed by atoms with Crippen molar-refractivity contribution in [3.63, 3.8) is 0 Å². The zero-order chi connectivity index (χ0) is 20.0. The predicted octanol–water partition coefficient (Wildman–Crippen LogP) is 3.15. The van der Waals surface area contributed by atoms with Crippen molar-refractivity contribution < 1.29 is 14.2 Å². The highest BCUT2D eigenvalue weighted by Gasteiger charge is 2.07. The summed E-state index contributed by atoms with van der Waals surface area (Å²) in [5.41, 5.74) is 1.98. The van der Waals surface area contributed by atoms with Crippen molar-refractivity contribution in [3.8, 4) is 11.6 Å². The first kappa shape index (κ1) is 24.7. The van der Waals surface area contributed by atoms with Gasteiger partial charge < -0.3 is 24.8 Å². The van der Waals surface area contributed by atoms with Crippen LogP contribution in [-0.2, 0) is 17.8 Å². The van der Waals surface area contributed by atoms with Crippen LogP contribution >= 0.6 is 24.0 Å². The van der Waals surface area contributed by atoms with Crippen LogP contribution < -0.4 is 20.1 Å². The van der Waals surface area contributed by atoms with Crippen molar-refractivity contribution in [2.75, 3.05) is 34.0 Å². The number of rotatable bonds is 11. The van der Waals surface area contributed by atoms with Gasteiger partial charge in [-0.15, -0.1) is 24.0 Å². The zero-order valence-electron chi connectivity index (χ0n) is 16.9. The number of methoxy groups -OCH3 is 1. The molecule has 0 atom stereocenters. The van der Waals surface area contributed by atoms with Gasteiger partial charge in [0.15, 0.2) is 5.96 Å². The van der Waals surface area contributed by atoms with Gasteiger partial charge in [0.1, 0.15) is 19.0 Å². The molecule has 1 aromatic heterocycles. The number of ether oxygens (including phenoxy) is 3. The Kier molecular flexibility index (Phi) is 12.5. The van der Waals surface area contributed by atoms with E-state index in [0.29, 0.717) is 44.7 Å². The second-order valence-corrected chi connectivity index (χ2v) is 5.80. The third-order valence-corrected chi connectivity index (χ3v) is 3.82. The van der Waals surface area contributed by atoms with Gasteiger partial charge in [-0.3, -0.25) is 4.99 Å². The molecule has 8 heteroatoms. The number of guanidine groups is 1. The normalized spacial score (nSPS) is 10.6. The number of aromatic nitrogens is 1. The molecular formula is C21H29IN4O3. The summed E-state index contributed by atoms with van der Waals surface area (Å²) < 4.78 is 16.4. The average molecular weight is 512 g/mol. The van der Waals surface area contributed by atoms with E-state index in [4.69, 9.17) is 14.2 Å². The van der Waals surface area contributed by atoms with E-state index in [1.165, 1.54) is 0 Å². The van der Waals surface area contributed by atoms with E-state index in [2.05, 4.69) is 27.2 Å². The van der Waals surface area contributed by atoms with Gasteiger partial charge in [-0.1, -0.05) is 36.9 Å². The standard InChI is InChI=1S/C21H28N4O3.HI/c1-4-12-27-19-10-6-5-8-17(19)15-24-21(22-2)25-16-18-9-7-11-23-20(18)28-14-13-26-3;/h4-11H,1,12-16H2,2-3H3,(H2,22,24,25);1H. The maximum absolute atomic E-state index is 5.69. The Balaban J connectivity index is 0.00000420. The smallest absolute Gasteiger partial charge is 0.218 e. The van der Waals surface area contributed by atoms with E-state index in [1.54, 1.807) is 26.4 Å². The minimum absolute atomic E-state index is 0. The number of aliphatic imine (C=N–C) groups is 1. The number of benzene rings is 1. The van der Waals surface area contributed by atoms with E-state index in [0.717, 1.165) is 16.9 Å². The highest BCUT2D eigenvalue weighted by atomic mass is 127. The molecule has 0 radical (unpaired) electrons. The monoisotopic (exact) mass is 512 g/mol. The number of halogens is 1. The van der Waals surface area contributed by atoms with Crippen molar-refractivity contribution in [1.82, 2.24) is 15.6 Å². The van der Waals surface area contributed by atoms with Crippen LogP contribution in [-0.4, -0.2) is 44.9 Å². The van der Waals surface area contributed by atoms with Gasteiger partial charge in [-0.2, -0.15) is 0 Å². The molecule has 0 aliphatic carbocycles. The largest absolute Gasteiger partial charge is 0.489 e. The van der Waals surface area contributed by atoms with Crippen LogP contribution in [0.25, 0.3) is 0 Å². The second-order valence-electron chi connectivity index (χ2n) is 5.80. The molecule has 1 heterocycles. The molecule has 1 aromatic carbocycles. The van der Waals surface area contributed by atoms with Crippen LogP contribution in [0.2, 0.25) is 0 Å². The summed E-state index contributed by atoms with van der Waals surface area (Å²) in [5.74, 6) is 2.09. The molecule has 0 spiro atoms. The molecule has 0 fully saturated rings. The van der Waals surface area contributed by atoms with Crippen LogP contribution in [0.1, 0.15) is 11.1 Å². The van der Waals surface area contributed by atoms with Gasteiger partial charge in [0.05, 0.1) is 6.61 Å². The first-order chi connectivity index (χ1) is 13.8. The Bertz CT molecular complexity index is 771. The quantitative estimate of drug-likeness (QED) is 0.159. The topological polar surface area (TPSA) is 77.0 Å². The Morgan fingerprint density at radius 3 is 2.52 bits per heavy atom. The lowest BCUT2D eigenvalue weighted by Gasteiger charge is -2.15. The minimum Gasteiger partial charge on any atom is -0.489 e. The summed E-state index contributed by atoms with van der Waals surface area (Å²) in [6, 6.07) is 11.7. The van der Waals surface area contributed by atoms with E-state index in [1.807, 2.05) is 36.4 Å². The van der Waals surface area contributed by atoms with Crippen molar-refractivity contribution in [2.24, 2.45) is 4.99 Å². The highest BCUT2D eigenvalue weighted by Crippen LogP contribution is 2.18. The van der Waals surface area contributed by atoms with Crippen LogP contribution in [0, 0.1) is 0 Å². The molecule has 0 aliphatic rings. The Labute approximate surface area is 189 Å². The van der Waals surface area contributed by atoms with Gasteiger partial charge in [0, 0.05) is 44.6 Å². The fraction of sp³-hybridized carbons (Fsp3) is 0.333. The lowest BCUT2D eigenvalue weighted by atomic mass is 10.2. The van der Waals surface area contributed by atoms with Crippen molar-refractivity contribution in [2.45, 2.75) is 13.1 Å². The number of hydrogen-bond acceptors (Lipinski definition) is 5. The number of nitrogens with zero attached hydrogens (tertiary/aromatic N) is 2. The van der Waals surface area contributed by atoms with Crippen LogP contribution in [0.5, 0.6) is 11.6 Å². The molecule has 29 heavy (non-hydrogen) atoms. The fourth-order valence-corrected chi connectivity index (χ4v) is 2.43. The number of para-hydroxylation sites is 1. The van der Waals surface area contributed by atoms with Crippen LogP contribution in [0.15, 0.2) is 60.2 Å². The summed E-state index contributed by atoms with van der Waals surface area (Å²) >= 11 is 0. The maximum Gasteiger partial charge on any atom is 0.218 e. The molecular weight excluding hydrogens is 483 g/mol. The second kappa shape index (κ2) is 14.6. The van der Waals surface area contributed by atoms with E-state index in [-0.39, 0.29) is 24.0 Å². The Morgan fingerprint density at radius 1 is 1.07 bits per heavy atom. The van der Waals surface area contributed by atoms with Crippen molar-refractivity contribution in [1.29, 1.82) is 0 Å². The van der Waals surface area contributed by atoms with Gasteiger partial charge in [0.25, 0.3) is 0 Å². The molecule has 0 saturated carbocycles. The number of hydrogen-bond donors (Lipinski definition) is 2. The van der Waals surface area contributed by atoms with Crippen LogP contribution in [0.4, 0.5) is 0 Å². The van der Waals surface area contributed by atoms with E-state index < -0.39 is 0 Å². The summed E-state index contributed by atoms with van der Waals surface area (Å²) in [6.07, 6.45) is 3.43. The molecule has 0 bridgehead atoms. The van der Waals surface area contributed by atoms with E-state index >= 15 is 0 Å². The number of nitrogens with one attached hydrogen (secondary N) is 2. The van der Waals surface area contributed by atoms with Crippen molar-refractivity contribution >= 4 is 29.9 Å². The highest BCUT2D eigenvalue weighted by molar-refractivity contribution is 14.0. The molecule has 2 N–H and O–H groups in total. The summed E-state index contributed by atoms with van der Waals surface area (Å²) in [4.78, 5) is 8.56. The van der Waals surface area contributed by atoms with Gasteiger partial charge in [-0.25, -0.2) is 4.98 Å². The zero-order valence-corrected chi connectivity index (χ0v) is 19.2. The molecule has 0 aliphatic heterocycles. The number of pyridine rings is 1. The van der Waals surface area contributed by atoms with Gasteiger partial charge in [-0.05, 0) is 12.1 Å². The van der Waals surface area contributed by atoms with E-state index in [9.17, 15) is 0 Å². The maximum atomic E-state index is 5.69. The molecule has 2 rings (SSSR count). The summed E-state index contributed by atoms with van der Waals surface area (Å²) in [6.45, 7) is 6.23. The third kappa shape index (κ3) is 8.70. The fourth-order valence-electron chi connectivity index (χ4n) is 2.43. The summed E-state index contributed by atoms with van der Waals surface area (Å²) in [7, 11) is 3.37. The van der Waals surface area contributed by atoms with Crippen LogP contribution in [0.3, 0.4) is 0 Å². The lowest BCUT2D eigenvalue weighted by Crippen LogP contribution is -2.36. The predicted molar refractivity (Wildman–Crippen MR) is 126 cm³/mol. The molecule has 2 aromatic rings. The molecule has 0 saturated heterocycles. The Morgan fingerprint density at radius 2 is 1.79 bits per heavy atom. The minimum atomic E-state index is 0. The molecule has 0 amide bonds. The first-order valence-corrected chi connectivity index (χ1v) is 9.10. The lowest BCUT2D eigenvalue weighted by molar-refractivity contribution is 0.143. The molecule has 7 nitrogen and oxygen atoms in total.